The van der Waals surface area contributed by atoms with Gasteiger partial charge in [0.1, 0.15) is 6.04 Å². The van der Waals surface area contributed by atoms with Crippen LogP contribution in [0.25, 0.3) is 0 Å². The maximum absolute atomic E-state index is 9.92. The quantitative estimate of drug-likeness (QED) is 0.459. The predicted molar refractivity (Wildman–Crippen MR) is 54.0 cm³/mol. The van der Waals surface area contributed by atoms with E-state index in [2.05, 4.69) is 11.5 Å². The molecule has 0 spiro atoms. The molecule has 6 N–H and O–H groups in total. The molecule has 0 amide bonds. The largest absolute Gasteiger partial charge is 1.00 e. The second kappa shape index (κ2) is 16.7. The zero-order chi connectivity index (χ0) is 16.6. The monoisotopic (exact) mass is 294 g/mol. The highest BCUT2D eigenvalue weighted by molar-refractivity contribution is 5.71. The van der Waals surface area contributed by atoms with Crippen LogP contribution in [-0.2, 0) is 24.0 Å². The number of carboxylic acids is 3. The topological polar surface area (TPSA) is 210 Å². The number of quaternary nitrogens is 2. The van der Waals surface area contributed by atoms with Gasteiger partial charge < -0.3 is 41.2 Å². The summed E-state index contributed by atoms with van der Waals surface area (Å²) in [6.07, 6.45) is 0.693. The van der Waals surface area contributed by atoms with Crippen molar-refractivity contribution in [3.63, 3.8) is 0 Å². The molecule has 0 aliphatic carbocycles. The van der Waals surface area contributed by atoms with Gasteiger partial charge in [0.05, 0.1) is 12.5 Å². The van der Waals surface area contributed by atoms with Crippen molar-refractivity contribution in [2.45, 2.75) is 31.7 Å². The summed E-state index contributed by atoms with van der Waals surface area (Å²) in [5, 5.41) is 29.3. The number of rotatable bonds is 7. The van der Waals surface area contributed by atoms with Crippen LogP contribution in [0, 0.1) is 0 Å². The van der Waals surface area contributed by atoms with Gasteiger partial charge in [0.15, 0.2) is 0 Å². The molecule has 0 saturated carbocycles. The lowest BCUT2D eigenvalue weighted by molar-refractivity contribution is -0.438. The van der Waals surface area contributed by atoms with Crippen LogP contribution in [-0.4, -0.2) is 36.6 Å². The van der Waals surface area contributed by atoms with Gasteiger partial charge in [-0.15, -0.1) is 0 Å². The van der Waals surface area contributed by atoms with E-state index in [0.29, 0.717) is 13.0 Å². The summed E-state index contributed by atoms with van der Waals surface area (Å²) in [5.74, 6) is -3.58. The second-order valence-electron chi connectivity index (χ2n) is 3.34. The van der Waals surface area contributed by atoms with E-state index >= 15 is 0 Å². The van der Waals surface area contributed by atoms with Gasteiger partial charge in [-0.05, 0) is 12.8 Å². The van der Waals surface area contributed by atoms with Crippen molar-refractivity contribution >= 4 is 24.1 Å². The summed E-state index contributed by atoms with van der Waals surface area (Å²) in [5.41, 5.74) is 6.62. The molecule has 0 fully saturated rings. The molecular weight excluding hydrogens is 276 g/mol. The molecule has 0 aromatic heterocycles. The fraction of sp³-hybridized carbons (Fsp3) is 0.600. The predicted octanol–water partition coefficient (Wildman–Crippen LogP) is -6.84. The first-order valence-electron chi connectivity index (χ1n) is 5.45. The number of hydrogen-bond donors (Lipinski definition) is 2. The molecule has 20 heavy (non-hydrogen) atoms. The molecule has 10 heteroatoms. The minimum atomic E-state index is -1.33. The molecule has 1 unspecified atom stereocenters. The lowest BCUT2D eigenvalue weighted by Crippen LogP contribution is -2.68. The molecule has 0 heterocycles. The standard InChI is InChI=1S/C5H9NO4.C4H9NO2.CO2/c6-3(5(9)10)1-2-4(7)8;5-3-1-2-4(6)7;2-1-3/h3H,1-2,6H2,(H,7,8)(H,9,10);1-3,5H2,(H,6,7);. The van der Waals surface area contributed by atoms with Crippen LogP contribution in [0.2, 0.25) is 0 Å². The van der Waals surface area contributed by atoms with Gasteiger partial charge in [-0.25, -0.2) is 0 Å². The number of carbonyl (C=O) groups is 3. The third-order valence-electron chi connectivity index (χ3n) is 1.66. The Balaban J connectivity index is -0.000000115. The Morgan fingerprint density at radius 3 is 1.65 bits per heavy atom. The first-order chi connectivity index (χ1) is 9.22. The van der Waals surface area contributed by atoms with Crippen LogP contribution in [0.15, 0.2) is 0 Å². The van der Waals surface area contributed by atoms with Crippen molar-refractivity contribution in [1.29, 1.82) is 0 Å². The SMILES string of the molecule is O=C=O.[H+].[NH3+]C(CCC(=O)[O-])C(=O)[O-].[NH3+]CCCC(=O)[O-]. The smallest absolute Gasteiger partial charge is 0.550 e. The second-order valence-corrected chi connectivity index (χ2v) is 3.34. The Morgan fingerprint density at radius 1 is 1.05 bits per heavy atom. The normalized spacial score (nSPS) is 9.70. The molecule has 0 bridgehead atoms. The molecule has 0 rings (SSSR count). The van der Waals surface area contributed by atoms with Crippen molar-refractivity contribution in [1.82, 2.24) is 0 Å². The van der Waals surface area contributed by atoms with Crippen molar-refractivity contribution < 1.29 is 52.2 Å². The summed E-state index contributed by atoms with van der Waals surface area (Å²) in [4.78, 5) is 45.6. The zero-order valence-corrected chi connectivity index (χ0v) is 10.8. The highest BCUT2D eigenvalue weighted by Crippen LogP contribution is 1.88. The van der Waals surface area contributed by atoms with E-state index in [1.807, 2.05) is 0 Å². The Hall–Kier alpha value is -2.29. The van der Waals surface area contributed by atoms with E-state index in [0.717, 1.165) is 0 Å². The number of hydrogen-bond acceptors (Lipinski definition) is 8. The Bertz CT molecular complexity index is 331. The van der Waals surface area contributed by atoms with Gasteiger partial charge in [0, 0.05) is 24.8 Å². The molecule has 0 saturated heterocycles. The summed E-state index contributed by atoms with van der Waals surface area (Å²) >= 11 is 0. The van der Waals surface area contributed by atoms with Gasteiger partial charge in [-0.3, -0.25) is 0 Å². The van der Waals surface area contributed by atoms with E-state index in [-0.39, 0.29) is 26.8 Å². The van der Waals surface area contributed by atoms with Gasteiger partial charge in [0.25, 0.3) is 0 Å². The Morgan fingerprint density at radius 2 is 1.45 bits per heavy atom. The molecule has 10 nitrogen and oxygen atoms in total. The summed E-state index contributed by atoms with van der Waals surface area (Å²) in [7, 11) is 0. The van der Waals surface area contributed by atoms with Gasteiger partial charge in [-0.2, -0.15) is 9.59 Å². The van der Waals surface area contributed by atoms with E-state index in [1.54, 1.807) is 0 Å². The maximum atomic E-state index is 9.92. The number of carboxylic acid groups (broad SMARTS) is 3. The fourth-order valence-electron chi connectivity index (χ4n) is 0.679. The first kappa shape index (κ1) is 22.9. The van der Waals surface area contributed by atoms with Crippen molar-refractivity contribution in [2.24, 2.45) is 0 Å². The lowest BCUT2D eigenvalue weighted by atomic mass is 10.2. The lowest BCUT2D eigenvalue weighted by Gasteiger charge is -2.08. The molecule has 116 valence electrons. The minimum absolute atomic E-state index is 0. The average Bonchev–Trinajstić information content (AvgIpc) is 2.34. The Labute approximate surface area is 115 Å². The van der Waals surface area contributed by atoms with Crippen LogP contribution in [0.1, 0.15) is 27.1 Å². The summed E-state index contributed by atoms with van der Waals surface area (Å²) < 4.78 is 0. The molecule has 0 aromatic rings. The van der Waals surface area contributed by atoms with Gasteiger partial charge >= 0.3 is 7.58 Å². The molecule has 0 radical (unpaired) electrons. The van der Waals surface area contributed by atoms with Crippen LogP contribution in [0.3, 0.4) is 0 Å². The summed E-state index contributed by atoms with van der Waals surface area (Å²) in [6.45, 7) is 0.675. The molecule has 0 aromatic carbocycles. The van der Waals surface area contributed by atoms with Crippen LogP contribution < -0.4 is 26.8 Å². The van der Waals surface area contributed by atoms with Crippen LogP contribution in [0.5, 0.6) is 0 Å². The van der Waals surface area contributed by atoms with Crippen molar-refractivity contribution in [3.8, 4) is 0 Å². The molecule has 1 atom stereocenters. The third-order valence-corrected chi connectivity index (χ3v) is 1.66. The number of carbonyl (C=O) groups excluding carboxylic acids is 5. The van der Waals surface area contributed by atoms with Crippen molar-refractivity contribution in [3.05, 3.63) is 0 Å². The summed E-state index contributed by atoms with van der Waals surface area (Å²) in [6, 6.07) is -0.960. The molecule has 0 aliphatic rings. The average molecular weight is 294 g/mol. The van der Waals surface area contributed by atoms with Gasteiger partial charge in [0.2, 0.25) is 0 Å². The number of aliphatic carboxylic acids is 3. The van der Waals surface area contributed by atoms with Crippen molar-refractivity contribution in [2.75, 3.05) is 6.54 Å². The highest BCUT2D eigenvalue weighted by atomic mass is 16.4. The maximum Gasteiger partial charge on any atom is 1.00 e. The highest BCUT2D eigenvalue weighted by Gasteiger charge is 2.05. The van der Waals surface area contributed by atoms with Gasteiger partial charge in [-0.1, -0.05) is 0 Å². The van der Waals surface area contributed by atoms with E-state index in [9.17, 15) is 29.7 Å². The fourth-order valence-corrected chi connectivity index (χ4v) is 0.679. The van der Waals surface area contributed by atoms with E-state index in [4.69, 9.17) is 9.59 Å². The third kappa shape index (κ3) is 29.6. The van der Waals surface area contributed by atoms with E-state index in [1.165, 1.54) is 0 Å². The molecule has 0 aliphatic heterocycles. The Kier molecular flexibility index (Phi) is 19.1. The van der Waals surface area contributed by atoms with Crippen LogP contribution in [0.4, 0.5) is 0 Å². The van der Waals surface area contributed by atoms with Crippen LogP contribution >= 0.6 is 0 Å². The first-order valence-corrected chi connectivity index (χ1v) is 5.45. The zero-order valence-electron chi connectivity index (χ0n) is 11.8. The minimum Gasteiger partial charge on any atom is -0.550 e. The molecular formula is C10H18N2O8. The van der Waals surface area contributed by atoms with E-state index < -0.39 is 23.9 Å².